The van der Waals surface area contributed by atoms with Gasteiger partial charge in [0.25, 0.3) is 0 Å². The molecule has 0 aromatic heterocycles. The van der Waals surface area contributed by atoms with Crippen molar-refractivity contribution in [3.05, 3.63) is 29.8 Å². The van der Waals surface area contributed by atoms with Crippen LogP contribution in [-0.4, -0.2) is 16.5 Å². The lowest BCUT2D eigenvalue weighted by Gasteiger charge is -2.21. The first kappa shape index (κ1) is 12.7. The first-order chi connectivity index (χ1) is 7.29. The van der Waals surface area contributed by atoms with Crippen LogP contribution in [0, 0.1) is 0 Å². The Balaban J connectivity index is 2.79. The molecule has 0 saturated heterocycles. The maximum absolute atomic E-state index is 11.0. The molecule has 0 heterocycles. The van der Waals surface area contributed by atoms with Crippen LogP contribution < -0.4 is 4.74 Å². The van der Waals surface area contributed by atoms with Crippen molar-refractivity contribution >= 4 is 5.78 Å². The maximum Gasteiger partial charge on any atom is 0.162 e. The first-order valence-corrected chi connectivity index (χ1v) is 5.27. The lowest BCUT2D eigenvalue weighted by Crippen LogP contribution is -2.22. The molecular weight excluding hydrogens is 204 g/mol. The fourth-order valence-electron chi connectivity index (χ4n) is 1.31. The largest absolute Gasteiger partial charge is 0.488 e. The van der Waals surface area contributed by atoms with E-state index in [9.17, 15) is 9.90 Å². The molecule has 3 nitrogen and oxygen atoms in total. The van der Waals surface area contributed by atoms with Crippen LogP contribution in [0.25, 0.3) is 0 Å². The van der Waals surface area contributed by atoms with E-state index in [2.05, 4.69) is 0 Å². The second-order valence-electron chi connectivity index (χ2n) is 4.80. The van der Waals surface area contributed by atoms with Crippen molar-refractivity contribution in [3.63, 3.8) is 0 Å². The zero-order valence-electron chi connectivity index (χ0n) is 10.2. The molecule has 0 unspecified atom stereocenters. The summed E-state index contributed by atoms with van der Waals surface area (Å²) in [7, 11) is 0. The fourth-order valence-corrected chi connectivity index (χ4v) is 1.31. The van der Waals surface area contributed by atoms with E-state index in [1.54, 1.807) is 24.3 Å². The van der Waals surface area contributed by atoms with Crippen molar-refractivity contribution in [1.82, 2.24) is 0 Å². The van der Waals surface area contributed by atoms with Gasteiger partial charge in [0, 0.05) is 0 Å². The van der Waals surface area contributed by atoms with Gasteiger partial charge in [0.1, 0.15) is 17.5 Å². The van der Waals surface area contributed by atoms with E-state index < -0.39 is 6.10 Å². The topological polar surface area (TPSA) is 46.5 Å². The highest BCUT2D eigenvalue weighted by Crippen LogP contribution is 2.21. The second kappa shape index (κ2) is 4.66. The Morgan fingerprint density at radius 3 is 2.12 bits per heavy atom. The number of Topliss-reactive ketones (excluding diaryl/α,β-unsaturated/α-hetero) is 1. The Morgan fingerprint density at radius 2 is 1.75 bits per heavy atom. The van der Waals surface area contributed by atoms with E-state index in [1.165, 1.54) is 6.92 Å². The fraction of sp³-hybridized carbons (Fsp3) is 0.462. The monoisotopic (exact) mass is 222 g/mol. The van der Waals surface area contributed by atoms with Gasteiger partial charge in [-0.05, 0) is 45.4 Å². The number of benzene rings is 1. The molecule has 0 amide bonds. The molecular formula is C13H18O3. The number of carbonyl (C=O) groups excluding carboxylic acids is 1. The van der Waals surface area contributed by atoms with Crippen LogP contribution in [-0.2, 0) is 4.79 Å². The molecule has 0 radical (unpaired) electrons. The molecule has 1 N–H and O–H groups in total. The molecule has 0 bridgehead atoms. The van der Waals surface area contributed by atoms with Gasteiger partial charge < -0.3 is 9.84 Å². The van der Waals surface area contributed by atoms with Crippen molar-refractivity contribution < 1.29 is 14.6 Å². The molecule has 0 spiro atoms. The Hall–Kier alpha value is -1.35. The van der Waals surface area contributed by atoms with E-state index in [-0.39, 0.29) is 11.4 Å². The smallest absolute Gasteiger partial charge is 0.162 e. The van der Waals surface area contributed by atoms with Crippen LogP contribution in [0.15, 0.2) is 24.3 Å². The van der Waals surface area contributed by atoms with Crippen molar-refractivity contribution in [2.75, 3.05) is 0 Å². The van der Waals surface area contributed by atoms with Crippen molar-refractivity contribution in [2.45, 2.75) is 39.4 Å². The van der Waals surface area contributed by atoms with Gasteiger partial charge in [-0.1, -0.05) is 12.1 Å². The van der Waals surface area contributed by atoms with Gasteiger partial charge in [-0.2, -0.15) is 0 Å². The van der Waals surface area contributed by atoms with Crippen molar-refractivity contribution in [3.8, 4) is 5.75 Å². The van der Waals surface area contributed by atoms with Gasteiger partial charge in [-0.25, -0.2) is 0 Å². The van der Waals surface area contributed by atoms with Crippen molar-refractivity contribution in [1.29, 1.82) is 0 Å². The molecule has 0 aliphatic heterocycles. The van der Waals surface area contributed by atoms with E-state index in [0.29, 0.717) is 5.56 Å². The molecule has 88 valence electrons. The molecule has 0 fully saturated rings. The van der Waals surface area contributed by atoms with E-state index in [4.69, 9.17) is 4.74 Å². The Kier molecular flexibility index (Phi) is 3.70. The summed E-state index contributed by atoms with van der Waals surface area (Å²) in [4.78, 5) is 11.0. The highest BCUT2D eigenvalue weighted by Gasteiger charge is 2.14. The van der Waals surface area contributed by atoms with Gasteiger partial charge >= 0.3 is 0 Å². The number of hydrogen-bond acceptors (Lipinski definition) is 3. The minimum absolute atomic E-state index is 0.249. The summed E-state index contributed by atoms with van der Waals surface area (Å²) < 4.78 is 5.63. The van der Waals surface area contributed by atoms with Crippen LogP contribution in [0.4, 0.5) is 0 Å². The summed E-state index contributed by atoms with van der Waals surface area (Å²) in [6.07, 6.45) is -1.04. The van der Waals surface area contributed by atoms with Crippen LogP contribution in [0.2, 0.25) is 0 Å². The lowest BCUT2D eigenvalue weighted by molar-refractivity contribution is -0.125. The quantitative estimate of drug-likeness (QED) is 0.854. The Bertz CT molecular complexity index is 360. The highest BCUT2D eigenvalue weighted by atomic mass is 16.5. The Morgan fingerprint density at radius 1 is 1.25 bits per heavy atom. The lowest BCUT2D eigenvalue weighted by atomic mass is 10.1. The summed E-state index contributed by atoms with van der Waals surface area (Å²) in [6.45, 7) is 7.26. The summed E-state index contributed by atoms with van der Waals surface area (Å²) in [5, 5.41) is 9.53. The normalized spacial score (nSPS) is 13.3. The molecule has 1 atom stereocenters. The molecule has 1 aromatic carbocycles. The number of hydrogen-bond donors (Lipinski definition) is 1. The minimum Gasteiger partial charge on any atom is -0.488 e. The number of aliphatic hydroxyl groups is 1. The molecule has 0 aliphatic carbocycles. The minimum atomic E-state index is -1.04. The standard InChI is InChI=1S/C13H18O3/c1-9(14)12(15)10-5-7-11(8-6-10)16-13(2,3)4/h5-8,12,15H,1-4H3/t12-/m1/s1. The van der Waals surface area contributed by atoms with Crippen molar-refractivity contribution in [2.24, 2.45) is 0 Å². The predicted octanol–water partition coefficient (Wildman–Crippen LogP) is 2.49. The third-order valence-electron chi connectivity index (χ3n) is 2.00. The number of carbonyl (C=O) groups is 1. The SMILES string of the molecule is CC(=O)[C@@H](O)c1ccc(OC(C)(C)C)cc1. The molecule has 3 heteroatoms. The van der Waals surface area contributed by atoms with Gasteiger partial charge in [0.2, 0.25) is 0 Å². The van der Waals surface area contributed by atoms with E-state index in [1.807, 2.05) is 20.8 Å². The molecule has 1 aromatic rings. The summed E-state index contributed by atoms with van der Waals surface area (Å²) in [6, 6.07) is 6.92. The van der Waals surface area contributed by atoms with Gasteiger partial charge in [0.15, 0.2) is 5.78 Å². The summed E-state index contributed by atoms with van der Waals surface area (Å²) >= 11 is 0. The second-order valence-corrected chi connectivity index (χ2v) is 4.80. The van der Waals surface area contributed by atoms with Gasteiger partial charge in [0.05, 0.1) is 0 Å². The Labute approximate surface area is 96.1 Å². The van der Waals surface area contributed by atoms with Crippen LogP contribution in [0.1, 0.15) is 39.4 Å². The molecule has 0 aliphatic rings. The summed E-state index contributed by atoms with van der Waals surface area (Å²) in [5.74, 6) is 0.469. The van der Waals surface area contributed by atoms with E-state index >= 15 is 0 Å². The third-order valence-corrected chi connectivity index (χ3v) is 2.00. The van der Waals surface area contributed by atoms with Gasteiger partial charge in [-0.15, -0.1) is 0 Å². The molecule has 1 rings (SSSR count). The van der Waals surface area contributed by atoms with Crippen LogP contribution in [0.5, 0.6) is 5.75 Å². The molecule has 0 saturated carbocycles. The molecule has 16 heavy (non-hydrogen) atoms. The van der Waals surface area contributed by atoms with E-state index in [0.717, 1.165) is 5.75 Å². The zero-order valence-corrected chi connectivity index (χ0v) is 10.2. The maximum atomic E-state index is 11.0. The number of rotatable bonds is 3. The number of ketones is 1. The first-order valence-electron chi connectivity index (χ1n) is 5.27. The third kappa shape index (κ3) is 3.66. The predicted molar refractivity (Wildman–Crippen MR) is 62.5 cm³/mol. The zero-order chi connectivity index (χ0) is 12.3. The van der Waals surface area contributed by atoms with Crippen LogP contribution >= 0.6 is 0 Å². The average molecular weight is 222 g/mol. The van der Waals surface area contributed by atoms with Crippen LogP contribution in [0.3, 0.4) is 0 Å². The highest BCUT2D eigenvalue weighted by molar-refractivity contribution is 5.81. The number of aliphatic hydroxyl groups excluding tert-OH is 1. The average Bonchev–Trinajstić information content (AvgIpc) is 2.15. The van der Waals surface area contributed by atoms with Gasteiger partial charge in [-0.3, -0.25) is 4.79 Å². The summed E-state index contributed by atoms with van der Waals surface area (Å²) in [5.41, 5.74) is 0.342. The number of ether oxygens (including phenoxy) is 1.